The largest absolute Gasteiger partial charge is 0.308 e. The number of nitrogens with two attached hydrogens (primary N) is 1. The summed E-state index contributed by atoms with van der Waals surface area (Å²) in [4.78, 5) is 23.4. The summed E-state index contributed by atoms with van der Waals surface area (Å²) in [5.74, 6) is 5.74. The third kappa shape index (κ3) is 2.73. The summed E-state index contributed by atoms with van der Waals surface area (Å²) in [5, 5.41) is 2.59. The first kappa shape index (κ1) is 11.0. The molecule has 0 saturated carbocycles. The Hall–Kier alpha value is -2.54. The molecule has 0 aliphatic heterocycles. The molecule has 4 N–H and O–H groups in total. The molecule has 0 atom stereocenters. The van der Waals surface area contributed by atoms with Crippen LogP contribution >= 0.6 is 0 Å². The van der Waals surface area contributed by atoms with E-state index in [9.17, 15) is 4.79 Å². The maximum Gasteiger partial charge on any atom is 0.258 e. The molecule has 0 radical (unpaired) electrons. The average molecular weight is 230 g/mol. The molecule has 0 saturated heterocycles. The van der Waals surface area contributed by atoms with Gasteiger partial charge in [-0.1, -0.05) is 0 Å². The summed E-state index contributed by atoms with van der Waals surface area (Å²) in [6.07, 6.45) is 5.90. The highest BCUT2D eigenvalue weighted by molar-refractivity contribution is 6.03. The second-order valence-corrected chi connectivity index (χ2v) is 3.12. The highest BCUT2D eigenvalue weighted by Gasteiger charge is 2.06. The van der Waals surface area contributed by atoms with Crippen LogP contribution in [0.5, 0.6) is 0 Å². The molecule has 86 valence electrons. The Morgan fingerprint density at radius 3 is 2.59 bits per heavy atom. The molecule has 0 unspecified atom stereocenters. The van der Waals surface area contributed by atoms with E-state index in [1.807, 2.05) is 0 Å². The van der Waals surface area contributed by atoms with Gasteiger partial charge >= 0.3 is 0 Å². The first-order chi connectivity index (χ1) is 8.29. The molecule has 7 heteroatoms. The lowest BCUT2D eigenvalue weighted by Crippen LogP contribution is -2.14. The highest BCUT2D eigenvalue weighted by atomic mass is 16.1. The molecule has 2 rings (SSSR count). The van der Waals surface area contributed by atoms with E-state index in [0.717, 1.165) is 0 Å². The Balaban J connectivity index is 2.09. The number of carbonyl (C=O) groups excluding carboxylic acids is 1. The number of rotatable bonds is 3. The Bertz CT molecular complexity index is 498. The van der Waals surface area contributed by atoms with Gasteiger partial charge in [0.05, 0.1) is 11.8 Å². The highest BCUT2D eigenvalue weighted by Crippen LogP contribution is 2.06. The fourth-order valence-corrected chi connectivity index (χ4v) is 1.17. The van der Waals surface area contributed by atoms with Gasteiger partial charge in [-0.15, -0.1) is 0 Å². The van der Waals surface area contributed by atoms with Crippen molar-refractivity contribution in [3.05, 3.63) is 42.5 Å². The van der Waals surface area contributed by atoms with Gasteiger partial charge in [0, 0.05) is 18.6 Å². The molecular weight excluding hydrogens is 220 g/mol. The molecule has 0 aliphatic rings. The normalized spacial score (nSPS) is 9.71. The molecule has 2 aromatic heterocycles. The number of nitrogens with zero attached hydrogens (tertiary/aromatic N) is 3. The number of pyridine rings is 1. The number of hydrogen-bond acceptors (Lipinski definition) is 6. The average Bonchev–Trinajstić information content (AvgIpc) is 2.40. The first-order valence-electron chi connectivity index (χ1n) is 4.79. The number of anilines is 2. The molecule has 0 aromatic carbocycles. The van der Waals surface area contributed by atoms with Crippen LogP contribution in [0.3, 0.4) is 0 Å². The quantitative estimate of drug-likeness (QED) is 0.521. The lowest BCUT2D eigenvalue weighted by atomic mass is 10.2. The number of nitrogens with one attached hydrogen (secondary N) is 2. The second-order valence-electron chi connectivity index (χ2n) is 3.12. The zero-order valence-electron chi connectivity index (χ0n) is 8.79. The minimum absolute atomic E-state index is 0.304. The number of hydrogen-bond donors (Lipinski definition) is 3. The number of aromatic nitrogens is 3. The molecule has 1 amide bonds. The molecule has 2 heterocycles. The minimum atomic E-state index is -0.304. The fraction of sp³-hybridized carbons (Fsp3) is 0. The minimum Gasteiger partial charge on any atom is -0.308 e. The van der Waals surface area contributed by atoms with E-state index in [4.69, 9.17) is 5.84 Å². The van der Waals surface area contributed by atoms with E-state index >= 15 is 0 Å². The van der Waals surface area contributed by atoms with E-state index < -0.39 is 0 Å². The van der Waals surface area contributed by atoms with Crippen LogP contribution < -0.4 is 16.6 Å². The van der Waals surface area contributed by atoms with Crippen molar-refractivity contribution in [1.29, 1.82) is 0 Å². The number of amides is 1. The number of nitrogen functional groups attached to an aromatic ring is 1. The fourth-order valence-electron chi connectivity index (χ4n) is 1.17. The van der Waals surface area contributed by atoms with Crippen LogP contribution in [0.25, 0.3) is 0 Å². The topological polar surface area (TPSA) is 106 Å². The maximum absolute atomic E-state index is 11.7. The van der Waals surface area contributed by atoms with Crippen LogP contribution in [0.2, 0.25) is 0 Å². The lowest BCUT2D eigenvalue weighted by molar-refractivity contribution is 0.102. The van der Waals surface area contributed by atoms with Gasteiger partial charge in [0.2, 0.25) is 0 Å². The number of carbonyl (C=O) groups is 1. The summed E-state index contributed by atoms with van der Waals surface area (Å²) in [6.45, 7) is 0. The molecule has 0 aliphatic carbocycles. The predicted octanol–water partition coefficient (Wildman–Crippen LogP) is 0.410. The lowest BCUT2D eigenvalue weighted by Gasteiger charge is -2.04. The van der Waals surface area contributed by atoms with E-state index in [-0.39, 0.29) is 5.91 Å². The zero-order valence-corrected chi connectivity index (χ0v) is 8.79. The van der Waals surface area contributed by atoms with Crippen molar-refractivity contribution in [2.75, 3.05) is 10.7 Å². The van der Waals surface area contributed by atoms with Gasteiger partial charge in [-0.25, -0.2) is 15.8 Å². The predicted molar refractivity (Wildman–Crippen MR) is 62.0 cm³/mol. The van der Waals surface area contributed by atoms with Gasteiger partial charge in [0.25, 0.3) is 5.91 Å². The molecule has 2 aromatic rings. The van der Waals surface area contributed by atoms with Crippen LogP contribution in [0.4, 0.5) is 11.6 Å². The van der Waals surface area contributed by atoms with Crippen molar-refractivity contribution < 1.29 is 4.79 Å². The molecular formula is C10H10N6O. The smallest absolute Gasteiger partial charge is 0.258 e. The molecule has 7 nitrogen and oxygen atoms in total. The van der Waals surface area contributed by atoms with Crippen LogP contribution in [0, 0.1) is 0 Å². The van der Waals surface area contributed by atoms with Gasteiger partial charge in [-0.3, -0.25) is 9.78 Å². The van der Waals surface area contributed by atoms with Gasteiger partial charge in [0.1, 0.15) is 5.82 Å². The Kier molecular flexibility index (Phi) is 3.22. The summed E-state index contributed by atoms with van der Waals surface area (Å²) < 4.78 is 0. The number of hydrazine groups is 1. The van der Waals surface area contributed by atoms with Crippen molar-refractivity contribution in [3.63, 3.8) is 0 Å². The van der Waals surface area contributed by atoms with Crippen molar-refractivity contribution in [2.45, 2.75) is 0 Å². The van der Waals surface area contributed by atoms with Crippen LogP contribution in [-0.4, -0.2) is 20.9 Å². The van der Waals surface area contributed by atoms with E-state index in [1.165, 1.54) is 24.8 Å². The molecule has 0 bridgehead atoms. The van der Waals surface area contributed by atoms with Gasteiger partial charge in [-0.05, 0) is 12.1 Å². The van der Waals surface area contributed by atoms with E-state index in [0.29, 0.717) is 17.2 Å². The molecule has 0 spiro atoms. The Morgan fingerprint density at radius 2 is 2.00 bits per heavy atom. The van der Waals surface area contributed by atoms with Crippen LogP contribution in [0.1, 0.15) is 10.4 Å². The van der Waals surface area contributed by atoms with E-state index in [2.05, 4.69) is 25.7 Å². The van der Waals surface area contributed by atoms with Crippen molar-refractivity contribution in [2.24, 2.45) is 5.84 Å². The van der Waals surface area contributed by atoms with Crippen LogP contribution in [-0.2, 0) is 0 Å². The monoisotopic (exact) mass is 230 g/mol. The van der Waals surface area contributed by atoms with Crippen molar-refractivity contribution in [1.82, 2.24) is 15.0 Å². The van der Waals surface area contributed by atoms with Gasteiger partial charge in [0.15, 0.2) is 5.82 Å². The Morgan fingerprint density at radius 1 is 1.12 bits per heavy atom. The van der Waals surface area contributed by atoms with Crippen LogP contribution in [0.15, 0.2) is 36.9 Å². The van der Waals surface area contributed by atoms with Gasteiger partial charge < -0.3 is 10.7 Å². The molecule has 17 heavy (non-hydrogen) atoms. The SMILES string of the molecule is NNc1ccc(C(=O)Nc2cnccn2)cn1. The summed E-state index contributed by atoms with van der Waals surface area (Å²) in [5.41, 5.74) is 2.79. The third-order valence-electron chi connectivity index (χ3n) is 1.98. The first-order valence-corrected chi connectivity index (χ1v) is 4.79. The van der Waals surface area contributed by atoms with E-state index in [1.54, 1.807) is 12.1 Å². The molecule has 0 fully saturated rings. The van der Waals surface area contributed by atoms with Crippen molar-refractivity contribution >= 4 is 17.5 Å². The summed E-state index contributed by atoms with van der Waals surface area (Å²) in [6, 6.07) is 3.21. The summed E-state index contributed by atoms with van der Waals surface area (Å²) >= 11 is 0. The standard InChI is InChI=1S/C10H10N6O/c11-16-8-2-1-7(5-14-8)10(17)15-9-6-12-3-4-13-9/h1-6H,11H2,(H,14,16)(H,13,15,17). The maximum atomic E-state index is 11.7. The Labute approximate surface area is 97.1 Å². The summed E-state index contributed by atoms with van der Waals surface area (Å²) in [7, 11) is 0. The second kappa shape index (κ2) is 4.99. The zero-order chi connectivity index (χ0) is 12.1. The third-order valence-corrected chi connectivity index (χ3v) is 1.98. The van der Waals surface area contributed by atoms with Gasteiger partial charge in [-0.2, -0.15) is 0 Å². The van der Waals surface area contributed by atoms with Crippen molar-refractivity contribution in [3.8, 4) is 0 Å².